The van der Waals surface area contributed by atoms with E-state index in [1.165, 1.54) is 0 Å². The van der Waals surface area contributed by atoms with E-state index in [1.54, 1.807) is 6.20 Å². The molecular formula is C13H21N3O2. The fourth-order valence-electron chi connectivity index (χ4n) is 2.47. The third kappa shape index (κ3) is 2.72. The van der Waals surface area contributed by atoms with Crippen LogP contribution in [-0.2, 0) is 6.54 Å². The average molecular weight is 251 g/mol. The molecule has 100 valence electrons. The number of aliphatic hydroxyl groups is 1. The lowest BCUT2D eigenvalue weighted by molar-refractivity contribution is 0.0703. The highest BCUT2D eigenvalue weighted by molar-refractivity contribution is 5.90. The number of rotatable bonds is 3. The summed E-state index contributed by atoms with van der Waals surface area (Å²) >= 11 is 0. The molecule has 1 aromatic rings. The quantitative estimate of drug-likeness (QED) is 0.876. The van der Waals surface area contributed by atoms with Crippen LogP contribution in [0.4, 0.5) is 0 Å². The van der Waals surface area contributed by atoms with E-state index in [0.29, 0.717) is 12.4 Å². The summed E-state index contributed by atoms with van der Waals surface area (Å²) in [7, 11) is 0. The van der Waals surface area contributed by atoms with Gasteiger partial charge in [-0.1, -0.05) is 6.42 Å². The third-order valence-corrected chi connectivity index (χ3v) is 3.56. The minimum Gasteiger partial charge on any atom is -0.396 e. The maximum absolute atomic E-state index is 12.4. The molecule has 1 N–H and O–H groups in total. The molecule has 1 aromatic heterocycles. The lowest BCUT2D eigenvalue weighted by atomic mass is 10.1. The van der Waals surface area contributed by atoms with Crippen LogP contribution in [0.15, 0.2) is 12.4 Å². The van der Waals surface area contributed by atoms with Gasteiger partial charge in [0.1, 0.15) is 0 Å². The first kappa shape index (κ1) is 13.1. The fourth-order valence-corrected chi connectivity index (χ4v) is 2.47. The van der Waals surface area contributed by atoms with Crippen LogP contribution in [0.5, 0.6) is 0 Å². The van der Waals surface area contributed by atoms with Crippen LogP contribution in [-0.4, -0.2) is 45.2 Å². The van der Waals surface area contributed by atoms with Gasteiger partial charge in [0.25, 0.3) is 5.91 Å². The number of imidazole rings is 1. The zero-order valence-electron chi connectivity index (χ0n) is 10.9. The van der Waals surface area contributed by atoms with Gasteiger partial charge >= 0.3 is 0 Å². The van der Waals surface area contributed by atoms with Gasteiger partial charge in [-0.2, -0.15) is 0 Å². The molecule has 1 saturated heterocycles. The number of nitrogens with zero attached hydrogens (tertiary/aromatic N) is 3. The Kier molecular flexibility index (Phi) is 4.36. The second-order valence-electron chi connectivity index (χ2n) is 4.83. The summed E-state index contributed by atoms with van der Waals surface area (Å²) in [6.07, 6.45) is 6.58. The summed E-state index contributed by atoms with van der Waals surface area (Å²) in [5.41, 5.74) is 0. The van der Waals surface area contributed by atoms with Crippen LogP contribution in [0.1, 0.15) is 36.8 Å². The zero-order valence-corrected chi connectivity index (χ0v) is 10.9. The molecular weight excluding hydrogens is 230 g/mol. The zero-order chi connectivity index (χ0) is 13.0. The maximum Gasteiger partial charge on any atom is 0.289 e. The second kappa shape index (κ2) is 6.00. The van der Waals surface area contributed by atoms with Gasteiger partial charge in [-0.25, -0.2) is 4.98 Å². The summed E-state index contributed by atoms with van der Waals surface area (Å²) in [5.74, 6) is 0.708. The molecule has 1 fully saturated rings. The lowest BCUT2D eigenvalue weighted by Crippen LogP contribution is -2.37. The van der Waals surface area contributed by atoms with Crippen LogP contribution in [0, 0.1) is 5.92 Å². The molecule has 1 unspecified atom stereocenters. The van der Waals surface area contributed by atoms with Crippen LogP contribution >= 0.6 is 0 Å². The molecule has 5 heteroatoms. The van der Waals surface area contributed by atoms with E-state index in [2.05, 4.69) is 4.98 Å². The van der Waals surface area contributed by atoms with Crippen molar-refractivity contribution in [2.75, 3.05) is 19.7 Å². The minimum absolute atomic E-state index is 0.0119. The van der Waals surface area contributed by atoms with Gasteiger partial charge in [0, 0.05) is 38.6 Å². The van der Waals surface area contributed by atoms with Crippen molar-refractivity contribution < 1.29 is 9.90 Å². The van der Waals surface area contributed by atoms with E-state index in [1.807, 2.05) is 22.6 Å². The largest absolute Gasteiger partial charge is 0.396 e. The van der Waals surface area contributed by atoms with Crippen LogP contribution in [0.2, 0.25) is 0 Å². The number of hydrogen-bond acceptors (Lipinski definition) is 3. The molecule has 0 aromatic carbocycles. The van der Waals surface area contributed by atoms with Crippen LogP contribution in [0.3, 0.4) is 0 Å². The van der Waals surface area contributed by atoms with Gasteiger partial charge in [-0.3, -0.25) is 4.79 Å². The third-order valence-electron chi connectivity index (χ3n) is 3.56. The Bertz CT molecular complexity index is 403. The SMILES string of the molecule is CCn1ccnc1C(=O)N1CCCCC(CO)C1. The number of carbonyl (C=O) groups is 1. The van der Waals surface area contributed by atoms with Crippen molar-refractivity contribution in [3.8, 4) is 0 Å². The van der Waals surface area contributed by atoms with Crippen molar-refractivity contribution in [3.63, 3.8) is 0 Å². The van der Waals surface area contributed by atoms with Gasteiger partial charge in [0.2, 0.25) is 0 Å². The van der Waals surface area contributed by atoms with Crippen molar-refractivity contribution in [1.29, 1.82) is 0 Å². The Morgan fingerprint density at radius 3 is 3.11 bits per heavy atom. The smallest absolute Gasteiger partial charge is 0.289 e. The van der Waals surface area contributed by atoms with Crippen LogP contribution in [0.25, 0.3) is 0 Å². The van der Waals surface area contributed by atoms with Gasteiger partial charge in [0.15, 0.2) is 5.82 Å². The van der Waals surface area contributed by atoms with E-state index >= 15 is 0 Å². The first-order valence-corrected chi connectivity index (χ1v) is 6.67. The molecule has 5 nitrogen and oxygen atoms in total. The number of hydrogen-bond donors (Lipinski definition) is 1. The summed E-state index contributed by atoms with van der Waals surface area (Å²) in [6, 6.07) is 0. The second-order valence-corrected chi connectivity index (χ2v) is 4.83. The highest BCUT2D eigenvalue weighted by Crippen LogP contribution is 2.17. The summed E-state index contributed by atoms with van der Waals surface area (Å²) in [6.45, 7) is 4.32. The number of aryl methyl sites for hydroxylation is 1. The first-order chi connectivity index (χ1) is 8.76. The Labute approximate surface area is 107 Å². The Morgan fingerprint density at radius 1 is 1.56 bits per heavy atom. The molecule has 0 aliphatic carbocycles. The molecule has 1 aliphatic rings. The lowest BCUT2D eigenvalue weighted by Gasteiger charge is -2.23. The van der Waals surface area contributed by atoms with E-state index in [9.17, 15) is 9.90 Å². The number of aromatic nitrogens is 2. The topological polar surface area (TPSA) is 58.4 Å². The molecule has 1 atom stereocenters. The van der Waals surface area contributed by atoms with Crippen LogP contribution < -0.4 is 0 Å². The highest BCUT2D eigenvalue weighted by atomic mass is 16.3. The van der Waals surface area contributed by atoms with E-state index in [-0.39, 0.29) is 18.4 Å². The molecule has 1 amide bonds. The van der Waals surface area contributed by atoms with Crippen molar-refractivity contribution in [1.82, 2.24) is 14.5 Å². The highest BCUT2D eigenvalue weighted by Gasteiger charge is 2.24. The molecule has 0 bridgehead atoms. The van der Waals surface area contributed by atoms with E-state index in [0.717, 1.165) is 32.4 Å². The predicted octanol–water partition coefficient (Wildman–Crippen LogP) is 1.14. The van der Waals surface area contributed by atoms with Crippen molar-refractivity contribution in [3.05, 3.63) is 18.2 Å². The molecule has 0 radical (unpaired) electrons. The average Bonchev–Trinajstić information content (AvgIpc) is 2.74. The van der Waals surface area contributed by atoms with Gasteiger partial charge in [-0.15, -0.1) is 0 Å². The molecule has 1 aliphatic heterocycles. The van der Waals surface area contributed by atoms with E-state index in [4.69, 9.17) is 0 Å². The Hall–Kier alpha value is -1.36. The first-order valence-electron chi connectivity index (χ1n) is 6.67. The fraction of sp³-hybridized carbons (Fsp3) is 0.692. The number of carbonyl (C=O) groups excluding carboxylic acids is 1. The maximum atomic E-state index is 12.4. The van der Waals surface area contributed by atoms with Crippen molar-refractivity contribution in [2.45, 2.75) is 32.7 Å². The Morgan fingerprint density at radius 2 is 2.39 bits per heavy atom. The molecule has 2 heterocycles. The predicted molar refractivity (Wildman–Crippen MR) is 68.2 cm³/mol. The molecule has 0 saturated carbocycles. The van der Waals surface area contributed by atoms with E-state index < -0.39 is 0 Å². The monoisotopic (exact) mass is 251 g/mol. The molecule has 0 spiro atoms. The molecule has 2 rings (SSSR count). The van der Waals surface area contributed by atoms with Crippen molar-refractivity contribution >= 4 is 5.91 Å². The van der Waals surface area contributed by atoms with Gasteiger partial charge in [0.05, 0.1) is 0 Å². The number of likely N-dealkylation sites (tertiary alicyclic amines) is 1. The molecule has 18 heavy (non-hydrogen) atoms. The van der Waals surface area contributed by atoms with Gasteiger partial charge < -0.3 is 14.6 Å². The number of aliphatic hydroxyl groups excluding tert-OH is 1. The minimum atomic E-state index is -0.0119. The summed E-state index contributed by atoms with van der Waals surface area (Å²) in [4.78, 5) is 18.4. The number of amides is 1. The van der Waals surface area contributed by atoms with Gasteiger partial charge in [-0.05, 0) is 25.7 Å². The summed E-state index contributed by atoms with van der Waals surface area (Å²) in [5, 5.41) is 9.29. The summed E-state index contributed by atoms with van der Waals surface area (Å²) < 4.78 is 1.86. The van der Waals surface area contributed by atoms with Crippen molar-refractivity contribution in [2.24, 2.45) is 5.92 Å². The Balaban J connectivity index is 2.12. The standard InChI is InChI=1S/C13H21N3O2/c1-2-15-8-6-14-12(15)13(18)16-7-4-3-5-11(9-16)10-17/h6,8,11,17H,2-5,7,9-10H2,1H3. The normalized spacial score (nSPS) is 20.8.